The Morgan fingerprint density at radius 3 is 2.64 bits per heavy atom. The molecule has 1 fully saturated rings. The van der Waals surface area contributed by atoms with Crippen LogP contribution in [0.1, 0.15) is 44.1 Å². The molecule has 154 valence electrons. The lowest BCUT2D eigenvalue weighted by Crippen LogP contribution is -2.40. The maximum atomic E-state index is 12.8. The van der Waals surface area contributed by atoms with Crippen molar-refractivity contribution < 1.29 is 28.6 Å². The van der Waals surface area contributed by atoms with Crippen LogP contribution >= 0.6 is 0 Å². The van der Waals surface area contributed by atoms with Crippen LogP contribution in [0.5, 0.6) is 0 Å². The summed E-state index contributed by atoms with van der Waals surface area (Å²) in [5.41, 5.74) is 0.794. The van der Waals surface area contributed by atoms with Crippen LogP contribution in [0.2, 0.25) is 0 Å². The maximum Gasteiger partial charge on any atom is 0.326 e. The van der Waals surface area contributed by atoms with Crippen LogP contribution in [0.25, 0.3) is 0 Å². The van der Waals surface area contributed by atoms with Gasteiger partial charge in [-0.3, -0.25) is 9.59 Å². The lowest BCUT2D eigenvalue weighted by atomic mass is 10.1. The summed E-state index contributed by atoms with van der Waals surface area (Å²) in [4.78, 5) is 36.4. The number of likely N-dealkylation sites (tertiary alicyclic amines) is 1. The minimum atomic E-state index is -0.935. The second kappa shape index (κ2) is 11.4. The highest BCUT2D eigenvalue weighted by Crippen LogP contribution is 2.19. The average Bonchev–Trinajstić information content (AvgIpc) is 3.16. The van der Waals surface area contributed by atoms with Crippen LogP contribution in [0.15, 0.2) is 24.3 Å². The Morgan fingerprint density at radius 2 is 1.93 bits per heavy atom. The molecular weight excluding hydrogens is 367 g/mol. The van der Waals surface area contributed by atoms with E-state index in [0.29, 0.717) is 32.4 Å². The van der Waals surface area contributed by atoms with Crippen molar-refractivity contribution in [2.24, 2.45) is 0 Å². The number of carboxylic acids is 1. The molecule has 1 heterocycles. The van der Waals surface area contributed by atoms with Crippen LogP contribution in [-0.2, 0) is 25.7 Å². The first-order chi connectivity index (χ1) is 13.5. The zero-order valence-corrected chi connectivity index (χ0v) is 15.9. The lowest BCUT2D eigenvalue weighted by molar-refractivity contribution is -0.148. The largest absolute Gasteiger partial charge is 0.480 e. The molecule has 0 radical (unpaired) electrons. The third-order valence-corrected chi connectivity index (χ3v) is 4.66. The predicted molar refractivity (Wildman–Crippen MR) is 99.9 cm³/mol. The molecule has 0 aliphatic carbocycles. The molecule has 1 aliphatic rings. The smallest absolute Gasteiger partial charge is 0.326 e. The van der Waals surface area contributed by atoms with E-state index < -0.39 is 12.0 Å². The Morgan fingerprint density at radius 1 is 1.18 bits per heavy atom. The van der Waals surface area contributed by atoms with Gasteiger partial charge < -0.3 is 20.1 Å². The highest BCUT2D eigenvalue weighted by atomic mass is 19.1. The van der Waals surface area contributed by atoms with Crippen LogP contribution in [0, 0.1) is 5.82 Å². The van der Waals surface area contributed by atoms with Gasteiger partial charge in [0, 0.05) is 19.5 Å². The average molecular weight is 394 g/mol. The van der Waals surface area contributed by atoms with E-state index in [1.54, 1.807) is 12.1 Å². The fourth-order valence-electron chi connectivity index (χ4n) is 3.16. The lowest BCUT2D eigenvalue weighted by Gasteiger charge is -2.21. The molecule has 1 unspecified atom stereocenters. The number of unbranched alkanes of at least 4 members (excludes halogenated alkanes) is 2. The molecule has 1 aromatic carbocycles. The second-order valence-corrected chi connectivity index (χ2v) is 6.86. The van der Waals surface area contributed by atoms with Gasteiger partial charge in [0.05, 0.1) is 6.61 Å². The number of benzene rings is 1. The molecule has 1 saturated heterocycles. The van der Waals surface area contributed by atoms with Gasteiger partial charge >= 0.3 is 5.97 Å². The van der Waals surface area contributed by atoms with E-state index in [9.17, 15) is 18.8 Å². The molecule has 1 atom stereocenters. The van der Waals surface area contributed by atoms with Crippen LogP contribution in [0.4, 0.5) is 4.39 Å². The van der Waals surface area contributed by atoms with Crippen molar-refractivity contribution in [1.29, 1.82) is 0 Å². The minimum absolute atomic E-state index is 0.0681. The molecule has 0 aromatic heterocycles. The summed E-state index contributed by atoms with van der Waals surface area (Å²) in [5, 5.41) is 11.9. The van der Waals surface area contributed by atoms with Gasteiger partial charge in [0.25, 0.3) is 0 Å². The molecule has 2 N–H and O–H groups in total. The Hall–Kier alpha value is -2.48. The molecule has 0 saturated carbocycles. The predicted octanol–water partition coefficient (Wildman–Crippen LogP) is 2.09. The fourth-order valence-corrected chi connectivity index (χ4v) is 3.16. The number of amides is 2. The SMILES string of the molecule is O=C(COCc1ccc(F)cc1)NCCCCCC(=O)N1CCCC1C(=O)O. The normalized spacial score (nSPS) is 16.2. The standard InChI is InChI=1S/C20H27FN2O5/c21-16-9-7-15(8-10-16)13-28-14-18(24)22-11-3-1-2-6-19(25)23-12-4-5-17(23)20(26)27/h7-10,17H,1-6,11-14H2,(H,22,24)(H,26,27). The number of nitrogens with one attached hydrogen (secondary N) is 1. The van der Waals surface area contributed by atoms with Gasteiger partial charge in [0.1, 0.15) is 18.5 Å². The zero-order valence-electron chi connectivity index (χ0n) is 15.9. The highest BCUT2D eigenvalue weighted by Gasteiger charge is 2.33. The summed E-state index contributed by atoms with van der Waals surface area (Å²) in [6, 6.07) is 5.22. The number of aliphatic carboxylic acids is 1. The number of carbonyl (C=O) groups excluding carboxylic acids is 2. The van der Waals surface area contributed by atoms with E-state index in [4.69, 9.17) is 9.84 Å². The highest BCUT2D eigenvalue weighted by molar-refractivity contribution is 5.84. The van der Waals surface area contributed by atoms with Gasteiger partial charge in [-0.15, -0.1) is 0 Å². The molecule has 0 bridgehead atoms. The number of hydrogen-bond donors (Lipinski definition) is 2. The summed E-state index contributed by atoms with van der Waals surface area (Å²) in [5.74, 6) is -1.58. The topological polar surface area (TPSA) is 95.9 Å². The third kappa shape index (κ3) is 7.26. The van der Waals surface area contributed by atoms with Gasteiger partial charge in [-0.25, -0.2) is 9.18 Å². The number of hydrogen-bond acceptors (Lipinski definition) is 4. The number of carbonyl (C=O) groups is 3. The first kappa shape index (κ1) is 21.8. The van der Waals surface area contributed by atoms with Crippen LogP contribution in [0.3, 0.4) is 0 Å². The first-order valence-corrected chi connectivity index (χ1v) is 9.58. The molecule has 7 nitrogen and oxygen atoms in total. The van der Waals surface area contributed by atoms with Crippen LogP contribution in [-0.4, -0.2) is 53.5 Å². The molecular formula is C20H27FN2O5. The minimum Gasteiger partial charge on any atom is -0.480 e. The van der Waals surface area contributed by atoms with Gasteiger partial charge in [-0.1, -0.05) is 18.6 Å². The molecule has 2 rings (SSSR count). The van der Waals surface area contributed by atoms with Crippen molar-refractivity contribution in [2.75, 3.05) is 19.7 Å². The summed E-state index contributed by atoms with van der Waals surface area (Å²) in [6.07, 6.45) is 3.76. The van der Waals surface area contributed by atoms with Gasteiger partial charge in [0.15, 0.2) is 0 Å². The third-order valence-electron chi connectivity index (χ3n) is 4.66. The molecule has 8 heteroatoms. The quantitative estimate of drug-likeness (QED) is 0.561. The summed E-state index contributed by atoms with van der Waals surface area (Å²) in [7, 11) is 0. The number of ether oxygens (including phenoxy) is 1. The monoisotopic (exact) mass is 394 g/mol. The number of carboxylic acid groups (broad SMARTS) is 1. The van der Waals surface area contributed by atoms with E-state index in [-0.39, 0.29) is 30.8 Å². The first-order valence-electron chi connectivity index (χ1n) is 9.58. The van der Waals surface area contributed by atoms with E-state index >= 15 is 0 Å². The summed E-state index contributed by atoms with van der Waals surface area (Å²) in [6.45, 7) is 1.18. The van der Waals surface area contributed by atoms with Crippen molar-refractivity contribution in [1.82, 2.24) is 10.2 Å². The molecule has 28 heavy (non-hydrogen) atoms. The summed E-state index contributed by atoms with van der Waals surface area (Å²) >= 11 is 0. The Kier molecular flexibility index (Phi) is 8.87. The van der Waals surface area contributed by atoms with E-state index in [2.05, 4.69) is 5.32 Å². The van der Waals surface area contributed by atoms with Crippen LogP contribution < -0.4 is 5.32 Å². The second-order valence-electron chi connectivity index (χ2n) is 6.86. The fraction of sp³-hybridized carbons (Fsp3) is 0.550. The van der Waals surface area contributed by atoms with Gasteiger partial charge in [-0.2, -0.15) is 0 Å². The zero-order chi connectivity index (χ0) is 20.4. The number of rotatable bonds is 11. The van der Waals surface area contributed by atoms with E-state index in [0.717, 1.165) is 24.8 Å². The molecule has 0 spiro atoms. The Bertz CT molecular complexity index is 665. The van der Waals surface area contributed by atoms with Crippen molar-refractivity contribution >= 4 is 17.8 Å². The van der Waals surface area contributed by atoms with Crippen molar-refractivity contribution in [3.05, 3.63) is 35.6 Å². The summed E-state index contributed by atoms with van der Waals surface area (Å²) < 4.78 is 18.1. The number of halogens is 1. The molecule has 1 aliphatic heterocycles. The number of nitrogens with zero attached hydrogens (tertiary/aromatic N) is 1. The van der Waals surface area contributed by atoms with Gasteiger partial charge in [-0.05, 0) is 43.4 Å². The van der Waals surface area contributed by atoms with Gasteiger partial charge in [0.2, 0.25) is 11.8 Å². The Labute approximate surface area is 163 Å². The molecule has 2 amide bonds. The maximum absolute atomic E-state index is 12.8. The van der Waals surface area contributed by atoms with Crippen molar-refractivity contribution in [3.8, 4) is 0 Å². The van der Waals surface area contributed by atoms with E-state index in [1.165, 1.54) is 17.0 Å². The van der Waals surface area contributed by atoms with E-state index in [1.807, 2.05) is 0 Å². The van der Waals surface area contributed by atoms with Crippen molar-refractivity contribution in [2.45, 2.75) is 51.2 Å². The molecule has 1 aromatic rings. The Balaban J connectivity index is 1.49. The van der Waals surface area contributed by atoms with Crippen molar-refractivity contribution in [3.63, 3.8) is 0 Å².